The van der Waals surface area contributed by atoms with Crippen molar-refractivity contribution in [2.75, 3.05) is 5.73 Å². The standard InChI is InChI=1S/C6H4N4O2S2/c7-5-8-1-3(13-5)4-2-9-6(14-4)10(11)12/h1-2H,(H2,7,8). The fraction of sp³-hybridized carbons (Fsp3) is 0. The number of nitrogens with zero attached hydrogens (tertiary/aromatic N) is 3. The summed E-state index contributed by atoms with van der Waals surface area (Å²) in [5.41, 5.74) is 5.44. The van der Waals surface area contributed by atoms with Crippen LogP contribution in [0.2, 0.25) is 0 Å². The number of nitrogens with two attached hydrogens (primary N) is 1. The molecule has 2 rings (SSSR count). The Bertz CT molecular complexity index is 478. The Kier molecular flexibility index (Phi) is 2.14. The van der Waals surface area contributed by atoms with Gasteiger partial charge in [-0.3, -0.25) is 0 Å². The van der Waals surface area contributed by atoms with Crippen molar-refractivity contribution in [1.82, 2.24) is 9.97 Å². The van der Waals surface area contributed by atoms with E-state index in [0.29, 0.717) is 10.0 Å². The second-order valence-corrected chi connectivity index (χ2v) is 4.40. The molecule has 8 heteroatoms. The monoisotopic (exact) mass is 228 g/mol. The third-order valence-electron chi connectivity index (χ3n) is 1.42. The quantitative estimate of drug-likeness (QED) is 0.624. The van der Waals surface area contributed by atoms with Gasteiger partial charge < -0.3 is 15.8 Å². The van der Waals surface area contributed by atoms with Gasteiger partial charge in [-0.15, -0.1) is 0 Å². The van der Waals surface area contributed by atoms with Crippen LogP contribution in [-0.2, 0) is 0 Å². The van der Waals surface area contributed by atoms with Crippen molar-refractivity contribution in [2.45, 2.75) is 0 Å². The summed E-state index contributed by atoms with van der Waals surface area (Å²) in [5.74, 6) is 0. The van der Waals surface area contributed by atoms with Crippen LogP contribution >= 0.6 is 22.7 Å². The Morgan fingerprint density at radius 1 is 1.29 bits per heavy atom. The van der Waals surface area contributed by atoms with Gasteiger partial charge in [-0.05, 0) is 21.2 Å². The number of anilines is 1. The third kappa shape index (κ3) is 1.56. The van der Waals surface area contributed by atoms with Gasteiger partial charge in [-0.1, -0.05) is 11.3 Å². The maximum atomic E-state index is 10.4. The molecule has 0 radical (unpaired) electrons. The van der Waals surface area contributed by atoms with Gasteiger partial charge in [0.05, 0.1) is 9.75 Å². The van der Waals surface area contributed by atoms with Crippen LogP contribution in [0.5, 0.6) is 0 Å². The summed E-state index contributed by atoms with van der Waals surface area (Å²) in [6.45, 7) is 0. The molecule has 2 aromatic heterocycles. The van der Waals surface area contributed by atoms with Gasteiger partial charge in [0.1, 0.15) is 0 Å². The zero-order valence-corrected chi connectivity index (χ0v) is 8.34. The third-order valence-corrected chi connectivity index (χ3v) is 3.39. The van der Waals surface area contributed by atoms with Crippen LogP contribution in [-0.4, -0.2) is 14.9 Å². The van der Waals surface area contributed by atoms with E-state index in [1.807, 2.05) is 0 Å². The molecule has 0 aliphatic heterocycles. The first-order valence-electron chi connectivity index (χ1n) is 3.48. The molecule has 72 valence electrons. The van der Waals surface area contributed by atoms with Crippen molar-refractivity contribution < 1.29 is 4.92 Å². The number of aromatic nitrogens is 2. The molecule has 0 fully saturated rings. The number of rotatable bonds is 2. The molecule has 14 heavy (non-hydrogen) atoms. The van der Waals surface area contributed by atoms with E-state index in [-0.39, 0.29) is 5.13 Å². The Morgan fingerprint density at radius 3 is 2.43 bits per heavy atom. The van der Waals surface area contributed by atoms with Crippen LogP contribution in [0.25, 0.3) is 9.75 Å². The number of thiazole rings is 2. The number of nitro groups is 1. The highest BCUT2D eigenvalue weighted by Crippen LogP contribution is 2.34. The zero-order chi connectivity index (χ0) is 10.1. The summed E-state index contributed by atoms with van der Waals surface area (Å²) in [6.07, 6.45) is 3.03. The Balaban J connectivity index is 2.38. The highest BCUT2D eigenvalue weighted by atomic mass is 32.1. The molecular weight excluding hydrogens is 224 g/mol. The van der Waals surface area contributed by atoms with E-state index in [4.69, 9.17) is 5.73 Å². The largest absolute Gasteiger partial charge is 0.423 e. The van der Waals surface area contributed by atoms with Gasteiger partial charge in [0.15, 0.2) is 11.3 Å². The summed E-state index contributed by atoms with van der Waals surface area (Å²) < 4.78 is 0. The minimum Gasteiger partial charge on any atom is -0.375 e. The maximum absolute atomic E-state index is 10.4. The predicted molar refractivity (Wildman–Crippen MR) is 54.3 cm³/mol. The molecule has 6 nitrogen and oxygen atoms in total. The lowest BCUT2D eigenvalue weighted by atomic mass is 10.5. The average molecular weight is 228 g/mol. The highest BCUT2D eigenvalue weighted by molar-refractivity contribution is 7.24. The van der Waals surface area contributed by atoms with Gasteiger partial charge in [0.2, 0.25) is 0 Å². The average Bonchev–Trinajstić information content (AvgIpc) is 2.70. The van der Waals surface area contributed by atoms with Crippen LogP contribution < -0.4 is 5.73 Å². The van der Waals surface area contributed by atoms with E-state index in [9.17, 15) is 10.1 Å². The van der Waals surface area contributed by atoms with Crippen molar-refractivity contribution in [3.63, 3.8) is 0 Å². The van der Waals surface area contributed by atoms with Crippen LogP contribution in [0.3, 0.4) is 0 Å². The highest BCUT2D eigenvalue weighted by Gasteiger charge is 2.15. The number of nitrogen functional groups attached to an aromatic ring is 1. The maximum Gasteiger partial charge on any atom is 0.423 e. The lowest BCUT2D eigenvalue weighted by Gasteiger charge is -1.84. The molecule has 0 aliphatic rings. The van der Waals surface area contributed by atoms with Crippen molar-refractivity contribution in [2.24, 2.45) is 0 Å². The second-order valence-electron chi connectivity index (χ2n) is 2.33. The first kappa shape index (κ1) is 9.03. The summed E-state index contributed by atoms with van der Waals surface area (Å²) in [4.78, 5) is 18.9. The van der Waals surface area contributed by atoms with Crippen molar-refractivity contribution in [3.8, 4) is 9.75 Å². The summed E-state index contributed by atoms with van der Waals surface area (Å²) in [5, 5.41) is 10.7. The van der Waals surface area contributed by atoms with Crippen molar-refractivity contribution in [3.05, 3.63) is 22.5 Å². The minimum atomic E-state index is -0.515. The van der Waals surface area contributed by atoms with Gasteiger partial charge in [-0.2, -0.15) is 0 Å². The van der Waals surface area contributed by atoms with Gasteiger partial charge >= 0.3 is 5.13 Å². The topological polar surface area (TPSA) is 94.9 Å². The van der Waals surface area contributed by atoms with E-state index in [2.05, 4.69) is 9.97 Å². The van der Waals surface area contributed by atoms with Gasteiger partial charge in [0, 0.05) is 6.20 Å². The molecule has 0 amide bonds. The molecule has 0 atom stereocenters. The molecule has 0 aromatic carbocycles. The first-order chi connectivity index (χ1) is 6.66. The van der Waals surface area contributed by atoms with Crippen LogP contribution in [0, 0.1) is 10.1 Å². The molecular formula is C6H4N4O2S2. The fourth-order valence-corrected chi connectivity index (χ4v) is 2.34. The SMILES string of the molecule is Nc1ncc(-c2cnc([N+](=O)[O-])s2)s1. The lowest BCUT2D eigenvalue weighted by Crippen LogP contribution is -1.83. The van der Waals surface area contributed by atoms with E-state index >= 15 is 0 Å². The smallest absolute Gasteiger partial charge is 0.375 e. The van der Waals surface area contributed by atoms with Crippen molar-refractivity contribution in [1.29, 1.82) is 0 Å². The molecule has 0 saturated carbocycles. The first-order valence-corrected chi connectivity index (χ1v) is 5.12. The predicted octanol–water partition coefficient (Wildman–Crippen LogP) is 1.76. The molecule has 0 saturated heterocycles. The molecule has 2 heterocycles. The Morgan fingerprint density at radius 2 is 1.93 bits per heavy atom. The summed E-state index contributed by atoms with van der Waals surface area (Å²) >= 11 is 2.29. The molecule has 0 bridgehead atoms. The molecule has 0 aliphatic carbocycles. The lowest BCUT2D eigenvalue weighted by molar-refractivity contribution is -0.384. The number of hydrogen-bond acceptors (Lipinski definition) is 7. The molecule has 0 unspecified atom stereocenters. The second kappa shape index (κ2) is 3.31. The van der Waals surface area contributed by atoms with Gasteiger partial charge in [-0.25, -0.2) is 4.98 Å². The van der Waals surface area contributed by atoms with E-state index in [0.717, 1.165) is 16.2 Å². The van der Waals surface area contributed by atoms with Crippen LogP contribution in [0.1, 0.15) is 0 Å². The summed E-state index contributed by atoms with van der Waals surface area (Å²) in [6, 6.07) is 0. The normalized spacial score (nSPS) is 10.3. The van der Waals surface area contributed by atoms with Crippen molar-refractivity contribution >= 4 is 32.9 Å². The van der Waals surface area contributed by atoms with E-state index in [1.54, 1.807) is 6.20 Å². The van der Waals surface area contributed by atoms with Crippen LogP contribution in [0.15, 0.2) is 12.4 Å². The Hall–Kier alpha value is -1.54. The molecule has 2 aromatic rings. The molecule has 0 spiro atoms. The minimum absolute atomic E-state index is 0.119. The van der Waals surface area contributed by atoms with E-state index in [1.165, 1.54) is 17.5 Å². The van der Waals surface area contributed by atoms with Gasteiger partial charge in [0.25, 0.3) is 0 Å². The zero-order valence-electron chi connectivity index (χ0n) is 6.71. The fourth-order valence-electron chi connectivity index (χ4n) is 0.865. The molecule has 2 N–H and O–H groups in total. The van der Waals surface area contributed by atoms with E-state index < -0.39 is 4.92 Å². The Labute approximate surface area is 86.2 Å². The van der Waals surface area contributed by atoms with Crippen LogP contribution in [0.4, 0.5) is 10.3 Å². The summed E-state index contributed by atoms with van der Waals surface area (Å²) in [7, 11) is 0. The number of hydrogen-bond donors (Lipinski definition) is 1.